The second-order valence-corrected chi connectivity index (χ2v) is 6.14. The number of aromatic nitrogens is 1. The smallest absolute Gasteiger partial charge is 0.257 e. The zero-order chi connectivity index (χ0) is 19.2. The molecule has 0 aliphatic carbocycles. The van der Waals surface area contributed by atoms with Gasteiger partial charge in [-0.05, 0) is 49.4 Å². The third-order valence-electron chi connectivity index (χ3n) is 3.79. The topological polar surface area (TPSA) is 83.1 Å². The third kappa shape index (κ3) is 5.15. The predicted octanol–water partition coefficient (Wildman–Crippen LogP) is 4.34. The minimum Gasteiger partial charge on any atom is -0.340 e. The highest BCUT2D eigenvalue weighted by Crippen LogP contribution is 2.19. The number of aryl methyl sites for hydroxylation is 1. The number of carbonyl (C=O) groups is 2. The van der Waals surface area contributed by atoms with E-state index in [1.54, 1.807) is 24.3 Å². The molecule has 3 aromatic rings. The van der Waals surface area contributed by atoms with Gasteiger partial charge in [0.05, 0.1) is 5.56 Å². The van der Waals surface area contributed by atoms with Crippen LogP contribution in [0.25, 0.3) is 0 Å². The highest BCUT2D eigenvalue weighted by molar-refractivity contribution is 6.04. The molecule has 0 radical (unpaired) electrons. The Morgan fingerprint density at radius 3 is 2.26 bits per heavy atom. The van der Waals surface area contributed by atoms with Crippen LogP contribution in [0, 0.1) is 6.92 Å². The van der Waals surface area contributed by atoms with Gasteiger partial charge in [0.25, 0.3) is 5.91 Å². The van der Waals surface area contributed by atoms with Crippen molar-refractivity contribution in [1.82, 2.24) is 4.98 Å². The number of anilines is 4. The van der Waals surface area contributed by atoms with Gasteiger partial charge in [-0.2, -0.15) is 0 Å². The molecule has 136 valence electrons. The van der Waals surface area contributed by atoms with E-state index in [4.69, 9.17) is 0 Å². The number of hydrogen-bond acceptors (Lipinski definition) is 4. The highest BCUT2D eigenvalue weighted by atomic mass is 16.2. The molecule has 6 nitrogen and oxygen atoms in total. The van der Waals surface area contributed by atoms with E-state index in [-0.39, 0.29) is 11.8 Å². The van der Waals surface area contributed by atoms with Crippen LogP contribution in [0.2, 0.25) is 0 Å². The Kier molecular flexibility index (Phi) is 5.47. The Bertz CT molecular complexity index is 951. The van der Waals surface area contributed by atoms with E-state index in [9.17, 15) is 9.59 Å². The Morgan fingerprint density at radius 1 is 0.852 bits per heavy atom. The molecule has 1 heterocycles. The zero-order valence-corrected chi connectivity index (χ0v) is 15.1. The lowest BCUT2D eigenvalue weighted by atomic mass is 10.2. The summed E-state index contributed by atoms with van der Waals surface area (Å²) < 4.78 is 0. The van der Waals surface area contributed by atoms with Gasteiger partial charge in [-0.25, -0.2) is 4.98 Å². The SMILES string of the molecule is CC(=O)Nc1cccc(Nc2ccc(C(=O)Nc3ccc(C)cc3)cn2)c1. The molecule has 3 N–H and O–H groups in total. The molecule has 2 amide bonds. The fourth-order valence-electron chi connectivity index (χ4n) is 2.47. The van der Waals surface area contributed by atoms with Crippen molar-refractivity contribution < 1.29 is 9.59 Å². The van der Waals surface area contributed by atoms with Crippen LogP contribution >= 0.6 is 0 Å². The first-order chi connectivity index (χ1) is 13.0. The standard InChI is InChI=1S/C21H20N4O2/c1-14-6-9-17(10-7-14)25-21(27)16-8-11-20(22-13-16)24-19-5-3-4-18(12-19)23-15(2)26/h3-13H,1-2H3,(H,22,24)(H,23,26)(H,25,27). The molecule has 6 heteroatoms. The summed E-state index contributed by atoms with van der Waals surface area (Å²) in [4.78, 5) is 27.7. The molecular weight excluding hydrogens is 340 g/mol. The molecule has 0 saturated heterocycles. The van der Waals surface area contributed by atoms with E-state index in [0.29, 0.717) is 17.1 Å². The quantitative estimate of drug-likeness (QED) is 0.632. The van der Waals surface area contributed by atoms with Crippen LogP contribution in [0.1, 0.15) is 22.8 Å². The normalized spacial score (nSPS) is 10.1. The van der Waals surface area contributed by atoms with Crippen LogP contribution in [0.3, 0.4) is 0 Å². The van der Waals surface area contributed by atoms with E-state index in [0.717, 1.165) is 16.9 Å². The number of nitrogens with one attached hydrogen (secondary N) is 3. The molecule has 2 aromatic carbocycles. The average Bonchev–Trinajstić information content (AvgIpc) is 2.64. The van der Waals surface area contributed by atoms with Crippen molar-refractivity contribution in [2.24, 2.45) is 0 Å². The fourth-order valence-corrected chi connectivity index (χ4v) is 2.47. The summed E-state index contributed by atoms with van der Waals surface area (Å²) in [6.07, 6.45) is 1.52. The van der Waals surface area contributed by atoms with E-state index in [2.05, 4.69) is 20.9 Å². The summed E-state index contributed by atoms with van der Waals surface area (Å²) >= 11 is 0. The molecule has 0 fully saturated rings. The van der Waals surface area contributed by atoms with Gasteiger partial charge in [0.2, 0.25) is 5.91 Å². The number of hydrogen-bond donors (Lipinski definition) is 3. The average molecular weight is 360 g/mol. The molecule has 0 aliphatic heterocycles. The number of amides is 2. The Morgan fingerprint density at radius 2 is 1.59 bits per heavy atom. The van der Waals surface area contributed by atoms with Crippen molar-refractivity contribution in [3.05, 3.63) is 78.0 Å². The summed E-state index contributed by atoms with van der Waals surface area (Å²) in [5.74, 6) is 0.252. The van der Waals surface area contributed by atoms with Gasteiger partial charge in [0, 0.05) is 30.2 Å². The zero-order valence-electron chi connectivity index (χ0n) is 15.1. The molecule has 27 heavy (non-hydrogen) atoms. The van der Waals surface area contributed by atoms with E-state index >= 15 is 0 Å². The summed E-state index contributed by atoms with van der Waals surface area (Å²) in [7, 11) is 0. The van der Waals surface area contributed by atoms with Crippen LogP contribution in [0.4, 0.5) is 22.9 Å². The van der Waals surface area contributed by atoms with Gasteiger partial charge in [-0.3, -0.25) is 9.59 Å². The Hall–Kier alpha value is -3.67. The van der Waals surface area contributed by atoms with Crippen molar-refractivity contribution >= 4 is 34.7 Å². The largest absolute Gasteiger partial charge is 0.340 e. The summed E-state index contributed by atoms with van der Waals surface area (Å²) in [6, 6.07) is 18.3. The van der Waals surface area contributed by atoms with E-state index in [1.165, 1.54) is 13.1 Å². The monoisotopic (exact) mass is 360 g/mol. The first-order valence-corrected chi connectivity index (χ1v) is 8.48. The summed E-state index contributed by atoms with van der Waals surface area (Å²) in [6.45, 7) is 3.45. The summed E-state index contributed by atoms with van der Waals surface area (Å²) in [5.41, 5.74) is 3.82. The lowest BCUT2D eigenvalue weighted by Gasteiger charge is -2.09. The maximum absolute atomic E-state index is 12.3. The number of benzene rings is 2. The molecule has 0 aliphatic rings. The Balaban J connectivity index is 1.65. The second-order valence-electron chi connectivity index (χ2n) is 6.14. The van der Waals surface area contributed by atoms with Gasteiger partial charge < -0.3 is 16.0 Å². The van der Waals surface area contributed by atoms with E-state index in [1.807, 2.05) is 43.3 Å². The number of nitrogens with zero attached hydrogens (tertiary/aromatic N) is 1. The second kappa shape index (κ2) is 8.14. The number of carbonyl (C=O) groups excluding carboxylic acids is 2. The molecule has 0 unspecified atom stereocenters. The lowest BCUT2D eigenvalue weighted by Crippen LogP contribution is -2.12. The van der Waals surface area contributed by atoms with Crippen molar-refractivity contribution in [2.45, 2.75) is 13.8 Å². The van der Waals surface area contributed by atoms with Gasteiger partial charge in [-0.1, -0.05) is 23.8 Å². The van der Waals surface area contributed by atoms with Crippen molar-refractivity contribution in [2.75, 3.05) is 16.0 Å². The van der Waals surface area contributed by atoms with Crippen molar-refractivity contribution in [3.8, 4) is 0 Å². The minimum atomic E-state index is -0.217. The van der Waals surface area contributed by atoms with Crippen molar-refractivity contribution in [1.29, 1.82) is 0 Å². The first-order valence-electron chi connectivity index (χ1n) is 8.48. The maximum Gasteiger partial charge on any atom is 0.257 e. The van der Waals surface area contributed by atoms with Crippen molar-refractivity contribution in [3.63, 3.8) is 0 Å². The molecular formula is C21H20N4O2. The molecule has 0 bridgehead atoms. The van der Waals surface area contributed by atoms with Crippen LogP contribution < -0.4 is 16.0 Å². The van der Waals surface area contributed by atoms with Gasteiger partial charge in [0.15, 0.2) is 0 Å². The lowest BCUT2D eigenvalue weighted by molar-refractivity contribution is -0.114. The first kappa shape index (κ1) is 18.1. The predicted molar refractivity (Wildman–Crippen MR) is 107 cm³/mol. The molecule has 3 rings (SSSR count). The summed E-state index contributed by atoms with van der Waals surface area (Å²) in [5, 5.41) is 8.72. The third-order valence-corrected chi connectivity index (χ3v) is 3.79. The van der Waals surface area contributed by atoms with E-state index < -0.39 is 0 Å². The van der Waals surface area contributed by atoms with Gasteiger partial charge in [-0.15, -0.1) is 0 Å². The Labute approximate surface area is 157 Å². The van der Waals surface area contributed by atoms with Crippen LogP contribution in [-0.4, -0.2) is 16.8 Å². The van der Waals surface area contributed by atoms with Crippen LogP contribution in [0.5, 0.6) is 0 Å². The fraction of sp³-hybridized carbons (Fsp3) is 0.0952. The molecule has 0 spiro atoms. The maximum atomic E-state index is 12.3. The molecule has 1 aromatic heterocycles. The molecule has 0 saturated carbocycles. The van der Waals surface area contributed by atoms with Crippen LogP contribution in [0.15, 0.2) is 66.9 Å². The highest BCUT2D eigenvalue weighted by Gasteiger charge is 2.07. The van der Waals surface area contributed by atoms with Crippen LogP contribution in [-0.2, 0) is 4.79 Å². The molecule has 0 atom stereocenters. The number of pyridine rings is 1. The van der Waals surface area contributed by atoms with Gasteiger partial charge in [0.1, 0.15) is 5.82 Å². The minimum absolute atomic E-state index is 0.130. The van der Waals surface area contributed by atoms with Gasteiger partial charge >= 0.3 is 0 Å². The number of rotatable bonds is 5.